The van der Waals surface area contributed by atoms with Crippen LogP contribution in [0.15, 0.2) is 35.7 Å². The van der Waals surface area contributed by atoms with Crippen LogP contribution in [0.3, 0.4) is 0 Å². The Balaban J connectivity index is 2.10. The van der Waals surface area contributed by atoms with Gasteiger partial charge in [-0.1, -0.05) is 29.3 Å². The second-order valence-electron chi connectivity index (χ2n) is 4.70. The molecule has 0 atom stereocenters. The first-order valence-corrected chi connectivity index (χ1v) is 10.0. The van der Waals surface area contributed by atoms with Gasteiger partial charge in [0.1, 0.15) is 0 Å². The van der Waals surface area contributed by atoms with E-state index >= 15 is 0 Å². The number of anilines is 1. The highest BCUT2D eigenvalue weighted by Crippen LogP contribution is 2.26. The van der Waals surface area contributed by atoms with Gasteiger partial charge in [0.25, 0.3) is 5.91 Å². The molecule has 9 heteroatoms. The van der Waals surface area contributed by atoms with Crippen LogP contribution in [-0.4, -0.2) is 33.7 Å². The van der Waals surface area contributed by atoms with Gasteiger partial charge in [-0.25, -0.2) is 8.42 Å². The molecule has 2 aromatic rings. The summed E-state index contributed by atoms with van der Waals surface area (Å²) in [4.78, 5) is 12.4. The van der Waals surface area contributed by atoms with Gasteiger partial charge in [-0.3, -0.25) is 9.10 Å². The Kier molecular flexibility index (Phi) is 5.91. The van der Waals surface area contributed by atoms with Gasteiger partial charge in [0.2, 0.25) is 10.0 Å². The van der Waals surface area contributed by atoms with Gasteiger partial charge in [0, 0.05) is 16.6 Å². The molecule has 0 spiro atoms. The monoisotopic (exact) mass is 392 g/mol. The van der Waals surface area contributed by atoms with Crippen LogP contribution < -0.4 is 9.62 Å². The zero-order valence-electron chi connectivity index (χ0n) is 12.1. The number of carbonyl (C=O) groups excluding carboxylic acids is 1. The molecule has 0 aliphatic carbocycles. The fourth-order valence-electron chi connectivity index (χ4n) is 1.94. The number of sulfonamides is 1. The maximum Gasteiger partial charge on any atom is 0.261 e. The lowest BCUT2D eigenvalue weighted by Gasteiger charge is -2.23. The molecule has 5 nitrogen and oxygen atoms in total. The summed E-state index contributed by atoms with van der Waals surface area (Å²) in [7, 11) is -3.54. The van der Waals surface area contributed by atoms with Gasteiger partial charge < -0.3 is 5.32 Å². The van der Waals surface area contributed by atoms with Crippen molar-refractivity contribution in [1.82, 2.24) is 5.32 Å². The van der Waals surface area contributed by atoms with Crippen molar-refractivity contribution >= 4 is 56.2 Å². The first kappa shape index (κ1) is 18.1. The molecule has 0 aliphatic heterocycles. The van der Waals surface area contributed by atoms with E-state index in [2.05, 4.69) is 5.32 Å². The van der Waals surface area contributed by atoms with Gasteiger partial charge in [-0.05, 0) is 29.6 Å². The fraction of sp³-hybridized carbons (Fsp3) is 0.214. The third-order valence-electron chi connectivity index (χ3n) is 2.88. The average molecular weight is 393 g/mol. The van der Waals surface area contributed by atoms with Crippen molar-refractivity contribution in [2.75, 3.05) is 23.7 Å². The van der Waals surface area contributed by atoms with E-state index in [0.717, 1.165) is 10.6 Å². The standard InChI is InChI=1S/C14H14Cl2N2O3S2/c1-23(20,21)18(12-8-10(15)7-11(16)9-12)5-4-17-14(19)13-3-2-6-22-13/h2-3,6-9H,4-5H2,1H3,(H,17,19). The van der Waals surface area contributed by atoms with Crippen molar-refractivity contribution < 1.29 is 13.2 Å². The molecule has 23 heavy (non-hydrogen) atoms. The van der Waals surface area contributed by atoms with Crippen LogP contribution in [0.5, 0.6) is 0 Å². The summed E-state index contributed by atoms with van der Waals surface area (Å²) in [6.45, 7) is 0.237. The van der Waals surface area contributed by atoms with Crippen LogP contribution in [0.4, 0.5) is 5.69 Å². The Hall–Kier alpha value is -1.28. The zero-order chi connectivity index (χ0) is 17.0. The van der Waals surface area contributed by atoms with Crippen LogP contribution in [0.25, 0.3) is 0 Å². The fourth-order valence-corrected chi connectivity index (χ4v) is 4.00. The number of nitrogens with one attached hydrogen (secondary N) is 1. The first-order chi connectivity index (χ1) is 10.8. The second kappa shape index (κ2) is 7.53. The van der Waals surface area contributed by atoms with E-state index in [-0.39, 0.29) is 19.0 Å². The Labute approximate surface area is 148 Å². The summed E-state index contributed by atoms with van der Waals surface area (Å²) in [6.07, 6.45) is 1.09. The first-order valence-electron chi connectivity index (χ1n) is 6.53. The quantitative estimate of drug-likeness (QED) is 0.820. The van der Waals surface area contributed by atoms with E-state index in [0.29, 0.717) is 20.6 Å². The summed E-state index contributed by atoms with van der Waals surface area (Å²) >= 11 is 13.2. The Morgan fingerprint density at radius 1 is 1.26 bits per heavy atom. The largest absolute Gasteiger partial charge is 0.350 e. The summed E-state index contributed by atoms with van der Waals surface area (Å²) in [5.41, 5.74) is 0.357. The molecule has 1 aromatic carbocycles. The van der Waals surface area contributed by atoms with E-state index in [9.17, 15) is 13.2 Å². The third kappa shape index (κ3) is 5.10. The molecule has 0 radical (unpaired) electrons. The zero-order valence-corrected chi connectivity index (χ0v) is 15.3. The lowest BCUT2D eigenvalue weighted by Crippen LogP contribution is -2.38. The molecular formula is C14H14Cl2N2O3S2. The molecule has 1 N–H and O–H groups in total. The number of carbonyl (C=O) groups is 1. The molecule has 1 aromatic heterocycles. The van der Waals surface area contributed by atoms with Crippen molar-refractivity contribution in [3.63, 3.8) is 0 Å². The summed E-state index contributed by atoms with van der Waals surface area (Å²) in [5, 5.41) is 5.16. The van der Waals surface area contributed by atoms with Gasteiger partial charge in [0.15, 0.2) is 0 Å². The van der Waals surface area contributed by atoms with Crippen LogP contribution in [0.2, 0.25) is 10.0 Å². The highest BCUT2D eigenvalue weighted by atomic mass is 35.5. The smallest absolute Gasteiger partial charge is 0.261 e. The van der Waals surface area contributed by atoms with E-state index in [1.54, 1.807) is 17.5 Å². The highest BCUT2D eigenvalue weighted by Gasteiger charge is 2.18. The van der Waals surface area contributed by atoms with E-state index in [1.807, 2.05) is 0 Å². The maximum absolute atomic E-state index is 12.0. The lowest BCUT2D eigenvalue weighted by molar-refractivity contribution is 0.0959. The van der Waals surface area contributed by atoms with Crippen molar-refractivity contribution in [1.29, 1.82) is 0 Å². The second-order valence-corrected chi connectivity index (χ2v) is 8.42. The lowest BCUT2D eigenvalue weighted by atomic mass is 10.3. The summed E-state index contributed by atoms with van der Waals surface area (Å²) in [6, 6.07) is 8.01. The normalized spacial score (nSPS) is 11.3. The molecular weight excluding hydrogens is 379 g/mol. The van der Waals surface area contributed by atoms with Crippen molar-refractivity contribution in [3.05, 3.63) is 50.6 Å². The average Bonchev–Trinajstić information content (AvgIpc) is 2.94. The number of hydrogen-bond donors (Lipinski definition) is 1. The molecule has 124 valence electrons. The Bertz CT molecular complexity index is 772. The number of hydrogen-bond acceptors (Lipinski definition) is 4. The molecule has 0 saturated heterocycles. The SMILES string of the molecule is CS(=O)(=O)N(CCNC(=O)c1cccs1)c1cc(Cl)cc(Cl)c1. The molecule has 1 amide bonds. The number of rotatable bonds is 6. The number of nitrogens with zero attached hydrogens (tertiary/aromatic N) is 1. The van der Waals surface area contributed by atoms with Crippen molar-refractivity contribution in [2.24, 2.45) is 0 Å². The minimum Gasteiger partial charge on any atom is -0.350 e. The summed E-state index contributed by atoms with van der Waals surface area (Å²) < 4.78 is 25.1. The summed E-state index contributed by atoms with van der Waals surface area (Å²) in [5.74, 6) is -0.238. The minimum absolute atomic E-state index is 0.0760. The Morgan fingerprint density at radius 2 is 1.91 bits per heavy atom. The van der Waals surface area contributed by atoms with Crippen LogP contribution in [-0.2, 0) is 10.0 Å². The maximum atomic E-state index is 12.0. The van der Waals surface area contributed by atoms with E-state index in [1.165, 1.54) is 29.5 Å². The molecule has 1 heterocycles. The third-order valence-corrected chi connectivity index (χ3v) is 5.38. The number of halogens is 2. The molecule has 0 aliphatic rings. The van der Waals surface area contributed by atoms with Crippen LogP contribution in [0.1, 0.15) is 9.67 Å². The van der Waals surface area contributed by atoms with Crippen molar-refractivity contribution in [3.8, 4) is 0 Å². The van der Waals surface area contributed by atoms with Crippen molar-refractivity contribution in [2.45, 2.75) is 0 Å². The van der Waals surface area contributed by atoms with Gasteiger partial charge in [-0.2, -0.15) is 0 Å². The van der Waals surface area contributed by atoms with E-state index < -0.39 is 10.0 Å². The molecule has 0 bridgehead atoms. The predicted molar refractivity (Wildman–Crippen MR) is 95.3 cm³/mol. The molecule has 0 fully saturated rings. The van der Waals surface area contributed by atoms with Gasteiger partial charge in [0.05, 0.1) is 23.4 Å². The Morgan fingerprint density at radius 3 is 2.43 bits per heavy atom. The topological polar surface area (TPSA) is 66.5 Å². The predicted octanol–water partition coefficient (Wildman–Crippen LogP) is 3.25. The highest BCUT2D eigenvalue weighted by molar-refractivity contribution is 7.92. The number of amides is 1. The molecule has 0 unspecified atom stereocenters. The molecule has 2 rings (SSSR count). The van der Waals surface area contributed by atoms with Crippen LogP contribution in [0, 0.1) is 0 Å². The molecule has 0 saturated carbocycles. The van der Waals surface area contributed by atoms with E-state index in [4.69, 9.17) is 23.2 Å². The van der Waals surface area contributed by atoms with Gasteiger partial charge in [-0.15, -0.1) is 11.3 Å². The van der Waals surface area contributed by atoms with Gasteiger partial charge >= 0.3 is 0 Å². The number of thiophene rings is 1. The minimum atomic E-state index is -3.54. The number of benzene rings is 1. The van der Waals surface area contributed by atoms with Crippen LogP contribution >= 0.6 is 34.5 Å².